The molecule has 0 fully saturated rings. The summed E-state index contributed by atoms with van der Waals surface area (Å²) in [6, 6.07) is 10.5. The van der Waals surface area contributed by atoms with Gasteiger partial charge in [0, 0.05) is 12.0 Å². The number of carbonyl (C=O) groups is 1. The number of ketones is 1. The Morgan fingerprint density at radius 3 is 2.21 bits per heavy atom. The van der Waals surface area contributed by atoms with Crippen molar-refractivity contribution in [2.24, 2.45) is 0 Å². The number of hydrogen-bond donors (Lipinski definition) is 0. The zero-order valence-corrected chi connectivity index (χ0v) is 11.5. The Labute approximate surface area is 113 Å². The van der Waals surface area contributed by atoms with E-state index < -0.39 is 0 Å². The normalized spacial score (nSPS) is 10.5. The van der Waals surface area contributed by atoms with Crippen LogP contribution in [0.5, 0.6) is 0 Å². The van der Waals surface area contributed by atoms with Gasteiger partial charge in [0.2, 0.25) is 0 Å². The Morgan fingerprint density at radius 2 is 1.63 bits per heavy atom. The van der Waals surface area contributed by atoms with Crippen LogP contribution >= 0.6 is 0 Å². The van der Waals surface area contributed by atoms with Crippen LogP contribution < -0.4 is 0 Å². The lowest BCUT2D eigenvalue weighted by Crippen LogP contribution is -2.07. The van der Waals surface area contributed by atoms with E-state index in [0.717, 1.165) is 16.7 Å². The summed E-state index contributed by atoms with van der Waals surface area (Å²) >= 11 is 0. The van der Waals surface area contributed by atoms with Gasteiger partial charge >= 0.3 is 0 Å². The van der Waals surface area contributed by atoms with Crippen LogP contribution in [-0.4, -0.2) is 5.78 Å². The fraction of sp³-hybridized carbons (Fsp3) is 0.235. The molecule has 0 aliphatic carbocycles. The summed E-state index contributed by atoms with van der Waals surface area (Å²) in [5, 5.41) is 0. The highest BCUT2D eigenvalue weighted by atomic mass is 19.1. The van der Waals surface area contributed by atoms with Gasteiger partial charge in [-0.3, -0.25) is 4.79 Å². The molecule has 0 aromatic heterocycles. The summed E-state index contributed by atoms with van der Waals surface area (Å²) in [6.07, 6.45) is 0.365. The molecule has 2 aromatic carbocycles. The first-order valence-electron chi connectivity index (χ1n) is 6.33. The van der Waals surface area contributed by atoms with Crippen molar-refractivity contribution < 1.29 is 9.18 Å². The van der Waals surface area contributed by atoms with Gasteiger partial charge in [0.15, 0.2) is 5.78 Å². The second kappa shape index (κ2) is 5.35. The van der Waals surface area contributed by atoms with Crippen LogP contribution in [0, 0.1) is 26.6 Å². The molecule has 2 rings (SSSR count). The molecular weight excluding hydrogens is 239 g/mol. The van der Waals surface area contributed by atoms with Crippen molar-refractivity contribution in [3.63, 3.8) is 0 Å². The topological polar surface area (TPSA) is 17.1 Å². The Hall–Kier alpha value is -1.96. The molecule has 0 bridgehead atoms. The first kappa shape index (κ1) is 13.5. The molecule has 0 amide bonds. The molecule has 0 atom stereocenters. The zero-order valence-electron chi connectivity index (χ0n) is 11.5. The molecule has 0 saturated carbocycles. The van der Waals surface area contributed by atoms with Crippen molar-refractivity contribution in [2.45, 2.75) is 27.2 Å². The van der Waals surface area contributed by atoms with E-state index in [4.69, 9.17) is 0 Å². The molecule has 0 aliphatic rings. The van der Waals surface area contributed by atoms with Gasteiger partial charge in [-0.05, 0) is 61.2 Å². The van der Waals surface area contributed by atoms with E-state index in [-0.39, 0.29) is 11.6 Å². The first-order chi connectivity index (χ1) is 8.99. The molecule has 1 nitrogen and oxygen atoms in total. The third-order valence-electron chi connectivity index (χ3n) is 3.46. The third kappa shape index (κ3) is 2.90. The maximum atomic E-state index is 13.2. The molecule has 0 heterocycles. The smallest absolute Gasteiger partial charge is 0.167 e. The van der Waals surface area contributed by atoms with E-state index in [1.165, 1.54) is 6.07 Å². The number of rotatable bonds is 3. The maximum Gasteiger partial charge on any atom is 0.167 e. The van der Waals surface area contributed by atoms with Crippen LogP contribution in [0.3, 0.4) is 0 Å². The lowest BCUT2D eigenvalue weighted by molar-refractivity contribution is 0.0992. The van der Waals surface area contributed by atoms with E-state index in [0.29, 0.717) is 17.5 Å². The number of hydrogen-bond acceptors (Lipinski definition) is 1. The molecule has 0 aliphatic heterocycles. The van der Waals surface area contributed by atoms with E-state index in [9.17, 15) is 9.18 Å². The summed E-state index contributed by atoms with van der Waals surface area (Å²) in [4.78, 5) is 12.3. The number of halogens is 1. The van der Waals surface area contributed by atoms with Crippen LogP contribution in [0.4, 0.5) is 4.39 Å². The van der Waals surface area contributed by atoms with Crippen molar-refractivity contribution >= 4 is 5.78 Å². The SMILES string of the molecule is Cc1cc(C(=O)Cc2c(C)cccc2C)ccc1F. The fourth-order valence-corrected chi connectivity index (χ4v) is 2.21. The summed E-state index contributed by atoms with van der Waals surface area (Å²) in [5.74, 6) is -0.246. The Balaban J connectivity index is 2.28. The minimum absolute atomic E-state index is 0.0282. The predicted octanol–water partition coefficient (Wildman–Crippen LogP) is 4.18. The highest BCUT2D eigenvalue weighted by Gasteiger charge is 2.11. The minimum Gasteiger partial charge on any atom is -0.294 e. The van der Waals surface area contributed by atoms with Crippen molar-refractivity contribution in [1.82, 2.24) is 0 Å². The van der Waals surface area contributed by atoms with Crippen LogP contribution in [-0.2, 0) is 6.42 Å². The standard InChI is InChI=1S/C17H17FO/c1-11-5-4-6-12(2)15(11)10-17(19)14-7-8-16(18)13(3)9-14/h4-9H,10H2,1-3H3. The van der Waals surface area contributed by atoms with Gasteiger partial charge in [-0.25, -0.2) is 4.39 Å². The van der Waals surface area contributed by atoms with Crippen molar-refractivity contribution in [3.05, 3.63) is 70.0 Å². The Kier molecular flexibility index (Phi) is 3.79. The largest absolute Gasteiger partial charge is 0.294 e. The second-order valence-corrected chi connectivity index (χ2v) is 4.93. The molecule has 19 heavy (non-hydrogen) atoms. The van der Waals surface area contributed by atoms with Crippen LogP contribution in [0.25, 0.3) is 0 Å². The van der Waals surface area contributed by atoms with E-state index in [2.05, 4.69) is 0 Å². The van der Waals surface area contributed by atoms with Gasteiger partial charge < -0.3 is 0 Å². The number of Topliss-reactive ketones (excluding diaryl/α,β-unsaturated/α-hetero) is 1. The van der Waals surface area contributed by atoms with Crippen LogP contribution in [0.2, 0.25) is 0 Å². The van der Waals surface area contributed by atoms with Gasteiger partial charge in [0.05, 0.1) is 0 Å². The molecule has 0 N–H and O–H groups in total. The first-order valence-corrected chi connectivity index (χ1v) is 6.33. The fourth-order valence-electron chi connectivity index (χ4n) is 2.21. The van der Waals surface area contributed by atoms with Crippen molar-refractivity contribution in [2.75, 3.05) is 0 Å². The Bertz CT molecular complexity index is 609. The number of carbonyl (C=O) groups excluding carboxylic acids is 1. The number of benzene rings is 2. The average molecular weight is 256 g/mol. The zero-order chi connectivity index (χ0) is 14.0. The third-order valence-corrected chi connectivity index (χ3v) is 3.46. The molecular formula is C17H17FO. The number of aryl methyl sites for hydroxylation is 3. The van der Waals surface area contributed by atoms with Gasteiger partial charge in [0.25, 0.3) is 0 Å². The van der Waals surface area contributed by atoms with Gasteiger partial charge in [-0.1, -0.05) is 18.2 Å². The minimum atomic E-state index is -0.274. The second-order valence-electron chi connectivity index (χ2n) is 4.93. The quantitative estimate of drug-likeness (QED) is 0.753. The monoisotopic (exact) mass is 256 g/mol. The molecule has 0 radical (unpaired) electrons. The van der Waals surface area contributed by atoms with Gasteiger partial charge in [-0.15, -0.1) is 0 Å². The van der Waals surface area contributed by atoms with Crippen LogP contribution in [0.1, 0.15) is 32.6 Å². The van der Waals surface area contributed by atoms with Crippen LogP contribution in [0.15, 0.2) is 36.4 Å². The molecule has 0 unspecified atom stereocenters. The van der Waals surface area contributed by atoms with E-state index in [1.807, 2.05) is 32.0 Å². The maximum absolute atomic E-state index is 13.2. The van der Waals surface area contributed by atoms with Gasteiger partial charge in [0.1, 0.15) is 5.82 Å². The lowest BCUT2D eigenvalue weighted by Gasteiger charge is -2.09. The average Bonchev–Trinajstić information content (AvgIpc) is 2.37. The highest BCUT2D eigenvalue weighted by molar-refractivity contribution is 5.98. The lowest BCUT2D eigenvalue weighted by atomic mass is 9.95. The summed E-state index contributed by atoms with van der Waals surface area (Å²) < 4.78 is 13.2. The molecule has 2 heteroatoms. The highest BCUT2D eigenvalue weighted by Crippen LogP contribution is 2.17. The Morgan fingerprint density at radius 1 is 1.00 bits per heavy atom. The molecule has 0 saturated heterocycles. The molecule has 0 spiro atoms. The van der Waals surface area contributed by atoms with Crippen molar-refractivity contribution in [1.29, 1.82) is 0 Å². The summed E-state index contributed by atoms with van der Waals surface area (Å²) in [5.41, 5.74) is 4.38. The summed E-state index contributed by atoms with van der Waals surface area (Å²) in [6.45, 7) is 5.68. The predicted molar refractivity (Wildman–Crippen MR) is 75.1 cm³/mol. The van der Waals surface area contributed by atoms with Gasteiger partial charge in [-0.2, -0.15) is 0 Å². The van der Waals surface area contributed by atoms with E-state index in [1.54, 1.807) is 19.1 Å². The van der Waals surface area contributed by atoms with E-state index >= 15 is 0 Å². The molecule has 98 valence electrons. The summed E-state index contributed by atoms with van der Waals surface area (Å²) in [7, 11) is 0. The van der Waals surface area contributed by atoms with Crippen molar-refractivity contribution in [3.8, 4) is 0 Å². The molecule has 2 aromatic rings.